The highest BCUT2D eigenvalue weighted by Crippen LogP contribution is 2.02. The van der Waals surface area contributed by atoms with E-state index in [1.807, 2.05) is 18.2 Å². The molecule has 0 radical (unpaired) electrons. The van der Waals surface area contributed by atoms with Gasteiger partial charge >= 0.3 is 0 Å². The van der Waals surface area contributed by atoms with Gasteiger partial charge in [-0.25, -0.2) is 0 Å². The summed E-state index contributed by atoms with van der Waals surface area (Å²) >= 11 is 1.80. The van der Waals surface area contributed by atoms with E-state index in [-0.39, 0.29) is 0 Å². The zero-order valence-electron chi connectivity index (χ0n) is 6.95. The summed E-state index contributed by atoms with van der Waals surface area (Å²) in [7, 11) is 0. The third kappa shape index (κ3) is 2.55. The highest BCUT2D eigenvalue weighted by molar-refractivity contribution is 7.98. The minimum absolute atomic E-state index is 0.628. The molecule has 12 heavy (non-hydrogen) atoms. The fourth-order valence-electron chi connectivity index (χ4n) is 0.845. The van der Waals surface area contributed by atoms with E-state index in [9.17, 15) is 0 Å². The first-order chi connectivity index (χ1) is 5.86. The summed E-state index contributed by atoms with van der Waals surface area (Å²) in [6.07, 6.45) is 4.67. The number of rotatable bonds is 3. The van der Waals surface area contributed by atoms with Crippen LogP contribution in [0.25, 0.3) is 0 Å². The van der Waals surface area contributed by atoms with Gasteiger partial charge in [0.1, 0.15) is 6.07 Å². The van der Waals surface area contributed by atoms with Crippen LogP contribution < -0.4 is 0 Å². The molecule has 0 aromatic carbocycles. The number of nitrogens with zero attached hydrogens (tertiary/aromatic N) is 2. The average Bonchev–Trinajstić information content (AvgIpc) is 2.15. The number of aryl methyl sites for hydroxylation is 1. The molecule has 0 amide bonds. The van der Waals surface area contributed by atoms with Gasteiger partial charge in [-0.3, -0.25) is 4.98 Å². The van der Waals surface area contributed by atoms with Crippen LogP contribution in [-0.4, -0.2) is 17.0 Å². The van der Waals surface area contributed by atoms with Gasteiger partial charge in [0.25, 0.3) is 0 Å². The zero-order valence-corrected chi connectivity index (χ0v) is 7.77. The summed E-state index contributed by atoms with van der Waals surface area (Å²) < 4.78 is 0. The Kier molecular flexibility index (Phi) is 3.62. The molecule has 1 aromatic rings. The molecule has 0 spiro atoms. The van der Waals surface area contributed by atoms with Crippen LogP contribution in [0.2, 0.25) is 0 Å². The third-order valence-corrected chi connectivity index (χ3v) is 2.13. The largest absolute Gasteiger partial charge is 0.260 e. The van der Waals surface area contributed by atoms with Crippen molar-refractivity contribution in [1.82, 2.24) is 4.98 Å². The molecule has 0 bridgehead atoms. The van der Waals surface area contributed by atoms with Gasteiger partial charge in [0.15, 0.2) is 0 Å². The second kappa shape index (κ2) is 4.78. The van der Waals surface area contributed by atoms with Crippen molar-refractivity contribution < 1.29 is 0 Å². The lowest BCUT2D eigenvalue weighted by Gasteiger charge is -1.97. The zero-order chi connectivity index (χ0) is 8.81. The van der Waals surface area contributed by atoms with Crippen LogP contribution in [0.15, 0.2) is 18.3 Å². The summed E-state index contributed by atoms with van der Waals surface area (Å²) in [5, 5.41) is 8.51. The van der Waals surface area contributed by atoms with Crippen LogP contribution in [0.1, 0.15) is 11.3 Å². The van der Waals surface area contributed by atoms with E-state index in [0.717, 1.165) is 17.9 Å². The molecule has 1 aromatic heterocycles. The van der Waals surface area contributed by atoms with Crippen LogP contribution in [0.5, 0.6) is 0 Å². The summed E-state index contributed by atoms with van der Waals surface area (Å²) in [4.78, 5) is 4.15. The smallest absolute Gasteiger partial charge is 0.101 e. The van der Waals surface area contributed by atoms with Crippen molar-refractivity contribution in [2.24, 2.45) is 0 Å². The molecule has 0 fully saturated rings. The van der Waals surface area contributed by atoms with Crippen LogP contribution in [0, 0.1) is 11.3 Å². The fourth-order valence-corrected chi connectivity index (χ4v) is 1.26. The van der Waals surface area contributed by atoms with Gasteiger partial charge in [-0.1, -0.05) is 0 Å². The van der Waals surface area contributed by atoms with Gasteiger partial charge in [-0.15, -0.1) is 0 Å². The minimum atomic E-state index is 0.628. The number of hydrogen-bond donors (Lipinski definition) is 0. The highest BCUT2D eigenvalue weighted by Gasteiger charge is 1.94. The number of thioether (sulfide) groups is 1. The first-order valence-corrected chi connectivity index (χ1v) is 5.10. The summed E-state index contributed by atoms with van der Waals surface area (Å²) in [6, 6.07) is 5.76. The number of hydrogen-bond acceptors (Lipinski definition) is 3. The molecule has 0 aliphatic carbocycles. The lowest BCUT2D eigenvalue weighted by atomic mass is 10.2. The predicted octanol–water partition coefficient (Wildman–Crippen LogP) is 1.86. The molecule has 0 atom stereocenters. The number of nitriles is 1. The Hall–Kier alpha value is -1.01. The summed E-state index contributed by atoms with van der Waals surface area (Å²) in [6.45, 7) is 0. The van der Waals surface area contributed by atoms with Gasteiger partial charge in [0.2, 0.25) is 0 Å². The van der Waals surface area contributed by atoms with E-state index >= 15 is 0 Å². The molecule has 0 unspecified atom stereocenters. The first kappa shape index (κ1) is 9.08. The second-order valence-electron chi connectivity index (χ2n) is 2.39. The molecule has 0 aliphatic rings. The van der Waals surface area contributed by atoms with Crippen LogP contribution in [0.3, 0.4) is 0 Å². The Morgan fingerprint density at radius 1 is 1.58 bits per heavy atom. The maximum atomic E-state index is 8.51. The van der Waals surface area contributed by atoms with E-state index in [0.29, 0.717) is 5.56 Å². The van der Waals surface area contributed by atoms with Gasteiger partial charge < -0.3 is 0 Å². The number of aromatic nitrogens is 1. The molecule has 0 N–H and O–H groups in total. The van der Waals surface area contributed by atoms with E-state index in [1.54, 1.807) is 18.0 Å². The van der Waals surface area contributed by atoms with Crippen LogP contribution >= 0.6 is 11.8 Å². The van der Waals surface area contributed by atoms with Crippen LogP contribution in [-0.2, 0) is 6.42 Å². The predicted molar refractivity (Wildman–Crippen MR) is 51.0 cm³/mol. The Labute approximate surface area is 76.6 Å². The molecule has 0 saturated carbocycles. The van der Waals surface area contributed by atoms with Crippen LogP contribution in [0.4, 0.5) is 0 Å². The lowest BCUT2D eigenvalue weighted by molar-refractivity contribution is 1.04. The molecule has 0 aliphatic heterocycles. The maximum Gasteiger partial charge on any atom is 0.101 e. The standard InChI is InChI=1S/C9H10N2S/c1-12-5-4-9-3-2-8(6-10)7-11-9/h2-3,7H,4-5H2,1H3. The van der Waals surface area contributed by atoms with E-state index in [1.165, 1.54) is 0 Å². The third-order valence-electron chi connectivity index (χ3n) is 1.52. The van der Waals surface area contributed by atoms with E-state index in [4.69, 9.17) is 5.26 Å². The van der Waals surface area contributed by atoms with E-state index in [2.05, 4.69) is 11.2 Å². The minimum Gasteiger partial charge on any atom is -0.260 e. The van der Waals surface area contributed by atoms with Gasteiger partial charge in [-0.05, 0) is 30.6 Å². The topological polar surface area (TPSA) is 36.7 Å². The van der Waals surface area contributed by atoms with Crippen molar-refractivity contribution in [3.05, 3.63) is 29.6 Å². The normalized spacial score (nSPS) is 9.33. The Bertz CT molecular complexity index is 274. The van der Waals surface area contributed by atoms with Crippen molar-refractivity contribution >= 4 is 11.8 Å². The van der Waals surface area contributed by atoms with Gasteiger partial charge in [0.05, 0.1) is 5.56 Å². The van der Waals surface area contributed by atoms with Gasteiger partial charge in [0, 0.05) is 11.9 Å². The van der Waals surface area contributed by atoms with Crippen molar-refractivity contribution in [3.63, 3.8) is 0 Å². The van der Waals surface area contributed by atoms with Gasteiger partial charge in [-0.2, -0.15) is 17.0 Å². The molecule has 62 valence electrons. The quantitative estimate of drug-likeness (QED) is 0.709. The Morgan fingerprint density at radius 2 is 2.42 bits per heavy atom. The molecular weight excluding hydrogens is 168 g/mol. The fraction of sp³-hybridized carbons (Fsp3) is 0.333. The molecule has 1 rings (SSSR count). The van der Waals surface area contributed by atoms with Crippen molar-refractivity contribution in [2.75, 3.05) is 12.0 Å². The number of pyridine rings is 1. The second-order valence-corrected chi connectivity index (χ2v) is 3.38. The average molecular weight is 178 g/mol. The van der Waals surface area contributed by atoms with Crippen molar-refractivity contribution in [2.45, 2.75) is 6.42 Å². The molecular formula is C9H10N2S. The Morgan fingerprint density at radius 3 is 2.92 bits per heavy atom. The summed E-state index contributed by atoms with van der Waals surface area (Å²) in [5.41, 5.74) is 1.69. The molecule has 1 heterocycles. The summed E-state index contributed by atoms with van der Waals surface area (Å²) in [5.74, 6) is 1.08. The highest BCUT2D eigenvalue weighted by atomic mass is 32.2. The lowest BCUT2D eigenvalue weighted by Crippen LogP contribution is -1.91. The van der Waals surface area contributed by atoms with Crippen molar-refractivity contribution in [1.29, 1.82) is 5.26 Å². The first-order valence-electron chi connectivity index (χ1n) is 3.71. The molecule has 3 heteroatoms. The molecule has 2 nitrogen and oxygen atoms in total. The Balaban J connectivity index is 2.60. The maximum absolute atomic E-state index is 8.51. The monoisotopic (exact) mass is 178 g/mol. The van der Waals surface area contributed by atoms with Crippen molar-refractivity contribution in [3.8, 4) is 6.07 Å². The van der Waals surface area contributed by atoms with E-state index < -0.39 is 0 Å². The molecule has 0 saturated heterocycles. The SMILES string of the molecule is CSCCc1ccc(C#N)cn1.